The Morgan fingerprint density at radius 3 is 2.74 bits per heavy atom. The van der Waals surface area contributed by atoms with Crippen molar-refractivity contribution in [2.24, 2.45) is 0 Å². The summed E-state index contributed by atoms with van der Waals surface area (Å²) in [6, 6.07) is 7.72. The molecule has 0 aliphatic carbocycles. The van der Waals surface area contributed by atoms with Gasteiger partial charge in [0.25, 0.3) is 0 Å². The van der Waals surface area contributed by atoms with Gasteiger partial charge in [0.2, 0.25) is 5.88 Å². The van der Waals surface area contributed by atoms with Crippen LogP contribution in [0.3, 0.4) is 0 Å². The molecule has 2 aromatic heterocycles. The number of benzene rings is 1. The molecule has 3 rings (SSSR count). The van der Waals surface area contributed by atoms with Crippen molar-refractivity contribution in [1.29, 1.82) is 0 Å². The lowest BCUT2D eigenvalue weighted by molar-refractivity contribution is 0.0531. The number of hydrogen-bond donors (Lipinski definition) is 0. The van der Waals surface area contributed by atoms with Crippen LogP contribution in [0.15, 0.2) is 30.6 Å². The molecule has 0 bridgehead atoms. The van der Waals surface area contributed by atoms with E-state index in [1.807, 2.05) is 38.1 Å². The van der Waals surface area contributed by atoms with E-state index in [9.17, 15) is 4.79 Å². The molecule has 3 aromatic rings. The lowest BCUT2D eigenvalue weighted by atomic mass is 10.2. The molecule has 5 nitrogen and oxygen atoms in total. The molecule has 0 amide bonds. The predicted molar refractivity (Wildman–Crippen MR) is 89.4 cm³/mol. The highest BCUT2D eigenvalue weighted by atomic mass is 32.1. The molecule has 0 aliphatic rings. The van der Waals surface area contributed by atoms with E-state index in [0.717, 1.165) is 22.3 Å². The normalized spacial score (nSPS) is 10.7. The van der Waals surface area contributed by atoms with Gasteiger partial charge in [-0.15, -0.1) is 11.3 Å². The molecule has 0 saturated heterocycles. The van der Waals surface area contributed by atoms with Crippen molar-refractivity contribution in [3.8, 4) is 11.6 Å². The maximum atomic E-state index is 12.1. The zero-order valence-electron chi connectivity index (χ0n) is 13.1. The van der Waals surface area contributed by atoms with Gasteiger partial charge in [0.15, 0.2) is 0 Å². The van der Waals surface area contributed by atoms with E-state index in [4.69, 9.17) is 9.47 Å². The Balaban J connectivity index is 2.08. The highest BCUT2D eigenvalue weighted by Gasteiger charge is 2.21. The van der Waals surface area contributed by atoms with Gasteiger partial charge in [0, 0.05) is 0 Å². The van der Waals surface area contributed by atoms with E-state index in [-0.39, 0.29) is 5.97 Å². The monoisotopic (exact) mass is 328 g/mol. The predicted octanol–water partition coefficient (Wildman–Crippen LogP) is 4.28. The number of aryl methyl sites for hydroxylation is 2. The van der Waals surface area contributed by atoms with Gasteiger partial charge >= 0.3 is 5.97 Å². The number of hydrogen-bond acceptors (Lipinski definition) is 6. The Bertz CT molecular complexity index is 873. The molecule has 23 heavy (non-hydrogen) atoms. The summed E-state index contributed by atoms with van der Waals surface area (Å²) in [6.45, 7) is 5.95. The summed E-state index contributed by atoms with van der Waals surface area (Å²) in [4.78, 5) is 21.8. The van der Waals surface area contributed by atoms with Crippen LogP contribution in [0.1, 0.15) is 27.7 Å². The van der Waals surface area contributed by atoms with Crippen LogP contribution in [0.25, 0.3) is 10.2 Å². The summed E-state index contributed by atoms with van der Waals surface area (Å²) in [7, 11) is 0. The molecular formula is C17H16N2O3S. The van der Waals surface area contributed by atoms with Crippen LogP contribution >= 0.6 is 11.3 Å². The van der Waals surface area contributed by atoms with Crippen LogP contribution in [0.5, 0.6) is 11.6 Å². The quantitative estimate of drug-likeness (QED) is 0.669. The number of thiophene rings is 1. The Hall–Kier alpha value is -2.47. The highest BCUT2D eigenvalue weighted by Crippen LogP contribution is 2.37. The van der Waals surface area contributed by atoms with Crippen LogP contribution in [-0.4, -0.2) is 22.5 Å². The standard InChI is InChI=1S/C17H16N2O3S/c1-4-21-17(20)14-11(3)13-15(18-9-19-16(13)23-14)22-12-8-6-5-7-10(12)2/h5-9H,4H2,1-3H3. The van der Waals surface area contributed by atoms with E-state index >= 15 is 0 Å². The molecule has 6 heteroatoms. The van der Waals surface area contributed by atoms with Crippen molar-refractivity contribution in [3.05, 3.63) is 46.6 Å². The second-order valence-electron chi connectivity index (χ2n) is 5.00. The Kier molecular flexibility index (Phi) is 4.25. The number of para-hydroxylation sites is 1. The first kappa shape index (κ1) is 15.4. The lowest BCUT2D eigenvalue weighted by Crippen LogP contribution is -2.03. The molecule has 0 aliphatic heterocycles. The van der Waals surface area contributed by atoms with Crippen molar-refractivity contribution in [1.82, 2.24) is 9.97 Å². The van der Waals surface area contributed by atoms with Gasteiger partial charge in [-0.25, -0.2) is 14.8 Å². The van der Waals surface area contributed by atoms with Crippen LogP contribution in [0, 0.1) is 13.8 Å². The zero-order valence-corrected chi connectivity index (χ0v) is 13.9. The van der Waals surface area contributed by atoms with Crippen molar-refractivity contribution in [3.63, 3.8) is 0 Å². The maximum absolute atomic E-state index is 12.1. The molecule has 1 aromatic carbocycles. The third kappa shape index (κ3) is 2.90. The fourth-order valence-corrected chi connectivity index (χ4v) is 3.32. The average Bonchev–Trinajstić information content (AvgIpc) is 2.88. The fourth-order valence-electron chi connectivity index (χ4n) is 2.28. The summed E-state index contributed by atoms with van der Waals surface area (Å²) in [5.41, 5.74) is 1.80. The molecule has 0 radical (unpaired) electrons. The van der Waals surface area contributed by atoms with Gasteiger partial charge in [0.1, 0.15) is 21.8 Å². The first-order valence-corrected chi connectivity index (χ1v) is 8.08. The van der Waals surface area contributed by atoms with Crippen LogP contribution in [-0.2, 0) is 4.74 Å². The minimum Gasteiger partial charge on any atom is -0.462 e. The molecular weight excluding hydrogens is 312 g/mol. The molecule has 0 unspecified atom stereocenters. The average molecular weight is 328 g/mol. The lowest BCUT2D eigenvalue weighted by Gasteiger charge is -2.08. The number of rotatable bonds is 4. The van der Waals surface area contributed by atoms with E-state index in [2.05, 4.69) is 9.97 Å². The molecule has 0 N–H and O–H groups in total. The van der Waals surface area contributed by atoms with Crippen LogP contribution in [0.4, 0.5) is 0 Å². The maximum Gasteiger partial charge on any atom is 0.348 e. The van der Waals surface area contributed by atoms with E-state index in [0.29, 0.717) is 22.2 Å². The summed E-state index contributed by atoms with van der Waals surface area (Å²) in [5.74, 6) is 0.847. The van der Waals surface area contributed by atoms with Gasteiger partial charge < -0.3 is 9.47 Å². The number of aromatic nitrogens is 2. The van der Waals surface area contributed by atoms with E-state index in [1.54, 1.807) is 6.92 Å². The molecule has 0 saturated carbocycles. The summed E-state index contributed by atoms with van der Waals surface area (Å²) in [6.07, 6.45) is 1.45. The van der Waals surface area contributed by atoms with Gasteiger partial charge in [-0.2, -0.15) is 0 Å². The fraction of sp³-hybridized carbons (Fsp3) is 0.235. The van der Waals surface area contributed by atoms with E-state index < -0.39 is 0 Å². The molecule has 2 heterocycles. The molecule has 0 atom stereocenters. The number of carbonyl (C=O) groups is 1. The van der Waals surface area contributed by atoms with Crippen LogP contribution < -0.4 is 4.74 Å². The van der Waals surface area contributed by atoms with Gasteiger partial charge in [-0.05, 0) is 38.0 Å². The summed E-state index contributed by atoms with van der Waals surface area (Å²) < 4.78 is 11.1. The largest absolute Gasteiger partial charge is 0.462 e. The van der Waals surface area contributed by atoms with Crippen molar-refractivity contribution >= 4 is 27.5 Å². The SMILES string of the molecule is CCOC(=O)c1sc2ncnc(Oc3ccccc3C)c2c1C. The van der Waals surface area contributed by atoms with E-state index in [1.165, 1.54) is 17.7 Å². The highest BCUT2D eigenvalue weighted by molar-refractivity contribution is 7.20. The van der Waals surface area contributed by atoms with Crippen molar-refractivity contribution in [2.75, 3.05) is 6.61 Å². The first-order valence-electron chi connectivity index (χ1n) is 7.26. The van der Waals surface area contributed by atoms with Gasteiger partial charge in [-0.3, -0.25) is 0 Å². The number of esters is 1. The van der Waals surface area contributed by atoms with Gasteiger partial charge in [-0.1, -0.05) is 18.2 Å². The minimum atomic E-state index is -0.338. The molecule has 0 spiro atoms. The minimum absolute atomic E-state index is 0.338. The van der Waals surface area contributed by atoms with Crippen molar-refractivity contribution in [2.45, 2.75) is 20.8 Å². The van der Waals surface area contributed by atoms with Crippen LogP contribution in [0.2, 0.25) is 0 Å². The topological polar surface area (TPSA) is 61.3 Å². The number of fused-ring (bicyclic) bond motifs is 1. The Morgan fingerprint density at radius 2 is 2.00 bits per heavy atom. The number of nitrogens with zero attached hydrogens (tertiary/aromatic N) is 2. The summed E-state index contributed by atoms with van der Waals surface area (Å²) in [5, 5.41) is 0.754. The van der Waals surface area contributed by atoms with Gasteiger partial charge in [0.05, 0.1) is 12.0 Å². The Morgan fingerprint density at radius 1 is 1.22 bits per heavy atom. The number of ether oxygens (including phenoxy) is 2. The first-order chi connectivity index (χ1) is 11.1. The Labute approximate surface area is 137 Å². The third-order valence-corrected chi connectivity index (χ3v) is 4.63. The second kappa shape index (κ2) is 6.34. The van der Waals surface area contributed by atoms with Crippen molar-refractivity contribution < 1.29 is 14.3 Å². The second-order valence-corrected chi connectivity index (χ2v) is 6.00. The number of carbonyl (C=O) groups excluding carboxylic acids is 1. The third-order valence-electron chi connectivity index (χ3n) is 3.45. The molecule has 0 fully saturated rings. The smallest absolute Gasteiger partial charge is 0.348 e. The molecule has 118 valence electrons. The summed E-state index contributed by atoms with van der Waals surface area (Å²) >= 11 is 1.30. The zero-order chi connectivity index (χ0) is 16.4.